The topological polar surface area (TPSA) is 71.8 Å². The molecule has 3 atom stereocenters. The van der Waals surface area contributed by atoms with Gasteiger partial charge in [0.15, 0.2) is 0 Å². The highest BCUT2D eigenvalue weighted by Crippen LogP contribution is 2.44. The zero-order valence-electron chi connectivity index (χ0n) is 15.0. The summed E-state index contributed by atoms with van der Waals surface area (Å²) in [6.45, 7) is 2.09. The maximum Gasteiger partial charge on any atom is 0.291 e. The number of furan rings is 1. The Kier molecular flexibility index (Phi) is 4.01. The number of benzene rings is 1. The van der Waals surface area contributed by atoms with Gasteiger partial charge in [-0.1, -0.05) is 24.3 Å². The third-order valence-electron chi connectivity index (χ3n) is 5.95. The summed E-state index contributed by atoms with van der Waals surface area (Å²) in [5, 5.41) is 3.80. The lowest BCUT2D eigenvalue weighted by Gasteiger charge is -2.26. The molecule has 5 rings (SSSR count). The van der Waals surface area contributed by atoms with Gasteiger partial charge in [-0.3, -0.25) is 9.59 Å². The average molecular weight is 366 g/mol. The van der Waals surface area contributed by atoms with Gasteiger partial charge in [-0.2, -0.15) is 0 Å². The van der Waals surface area contributed by atoms with Crippen LogP contribution in [0, 0.1) is 17.8 Å². The quantitative estimate of drug-likeness (QED) is 0.848. The fourth-order valence-electron chi connectivity index (χ4n) is 4.53. The van der Waals surface area contributed by atoms with Crippen LogP contribution in [0.25, 0.3) is 11.0 Å². The fraction of sp³-hybridized carbons (Fsp3) is 0.429. The summed E-state index contributed by atoms with van der Waals surface area (Å²) >= 11 is 0. The second kappa shape index (κ2) is 6.53. The Labute approximate surface area is 157 Å². The van der Waals surface area contributed by atoms with Gasteiger partial charge in [-0.15, -0.1) is 0 Å². The standard InChI is InChI=1S/C21H22N2O4/c24-20(16-12-13-5-6-14(16)11-13)22-18-15-3-1-2-4-17(15)27-19(18)21(25)23-7-9-26-10-8-23/h1-6,13-14,16H,7-12H2,(H,22,24)/t13-,14-,16+/m0/s1. The minimum absolute atomic E-state index is 0.0190. The molecule has 3 aliphatic rings. The molecular formula is C21H22N2O4. The Hall–Kier alpha value is -2.60. The number of ether oxygens (including phenoxy) is 1. The van der Waals surface area contributed by atoms with Gasteiger partial charge in [-0.05, 0) is 36.8 Å². The molecule has 1 saturated carbocycles. The van der Waals surface area contributed by atoms with Gasteiger partial charge in [0.05, 0.1) is 13.2 Å². The molecule has 1 aromatic carbocycles. The number of nitrogens with zero attached hydrogens (tertiary/aromatic N) is 1. The van der Waals surface area contributed by atoms with Crippen LogP contribution in [0.2, 0.25) is 0 Å². The zero-order valence-corrected chi connectivity index (χ0v) is 15.0. The van der Waals surface area contributed by atoms with E-state index in [1.54, 1.807) is 4.90 Å². The van der Waals surface area contributed by atoms with Crippen LogP contribution in [0.5, 0.6) is 0 Å². The molecule has 0 radical (unpaired) electrons. The first-order chi connectivity index (χ1) is 13.2. The van der Waals surface area contributed by atoms with Gasteiger partial charge in [-0.25, -0.2) is 0 Å². The molecule has 2 aliphatic carbocycles. The van der Waals surface area contributed by atoms with Crippen molar-refractivity contribution in [3.05, 3.63) is 42.2 Å². The Morgan fingerprint density at radius 2 is 1.89 bits per heavy atom. The third-order valence-corrected chi connectivity index (χ3v) is 5.95. The van der Waals surface area contributed by atoms with Crippen LogP contribution in [-0.2, 0) is 9.53 Å². The van der Waals surface area contributed by atoms with E-state index in [1.165, 1.54) is 0 Å². The normalized spacial score (nSPS) is 26.7. The number of hydrogen-bond donors (Lipinski definition) is 1. The van der Waals surface area contributed by atoms with Crippen molar-refractivity contribution < 1.29 is 18.7 Å². The van der Waals surface area contributed by atoms with Crippen LogP contribution in [0.4, 0.5) is 5.69 Å². The summed E-state index contributed by atoms with van der Waals surface area (Å²) in [5.41, 5.74) is 1.11. The maximum absolute atomic E-state index is 13.0. The van der Waals surface area contributed by atoms with E-state index in [0.29, 0.717) is 49.4 Å². The summed E-state index contributed by atoms with van der Waals surface area (Å²) in [6.07, 6.45) is 6.32. The van der Waals surface area contributed by atoms with Crippen molar-refractivity contribution in [2.45, 2.75) is 12.8 Å². The molecule has 2 heterocycles. The smallest absolute Gasteiger partial charge is 0.291 e. The van der Waals surface area contributed by atoms with Crippen molar-refractivity contribution in [1.82, 2.24) is 4.90 Å². The van der Waals surface area contributed by atoms with Gasteiger partial charge in [0.2, 0.25) is 11.7 Å². The predicted octanol–water partition coefficient (Wildman–Crippen LogP) is 3.06. The van der Waals surface area contributed by atoms with E-state index >= 15 is 0 Å². The van der Waals surface area contributed by atoms with E-state index in [1.807, 2.05) is 24.3 Å². The number of hydrogen-bond acceptors (Lipinski definition) is 4. The minimum atomic E-state index is -0.197. The second-order valence-electron chi connectivity index (χ2n) is 7.58. The van der Waals surface area contributed by atoms with Gasteiger partial charge >= 0.3 is 0 Å². The van der Waals surface area contributed by atoms with Crippen molar-refractivity contribution >= 4 is 28.5 Å². The zero-order chi connectivity index (χ0) is 18.4. The summed E-state index contributed by atoms with van der Waals surface area (Å²) in [5.74, 6) is 0.796. The lowest BCUT2D eigenvalue weighted by Crippen LogP contribution is -2.41. The first kappa shape index (κ1) is 16.6. The summed E-state index contributed by atoms with van der Waals surface area (Å²) in [4.78, 5) is 27.7. The number of morpholine rings is 1. The molecule has 1 aliphatic heterocycles. The molecule has 2 bridgehead atoms. The molecular weight excluding hydrogens is 344 g/mol. The van der Waals surface area contributed by atoms with Crippen LogP contribution < -0.4 is 5.32 Å². The van der Waals surface area contributed by atoms with Crippen molar-refractivity contribution in [3.63, 3.8) is 0 Å². The van der Waals surface area contributed by atoms with E-state index in [9.17, 15) is 9.59 Å². The van der Waals surface area contributed by atoms with Crippen LogP contribution in [0.1, 0.15) is 23.4 Å². The molecule has 2 fully saturated rings. The van der Waals surface area contributed by atoms with Gasteiger partial charge in [0, 0.05) is 24.4 Å². The summed E-state index contributed by atoms with van der Waals surface area (Å²) in [6, 6.07) is 7.45. The Bertz CT molecular complexity index is 925. The number of para-hydroxylation sites is 1. The fourth-order valence-corrected chi connectivity index (χ4v) is 4.53. The van der Waals surface area contributed by atoms with E-state index < -0.39 is 0 Å². The van der Waals surface area contributed by atoms with Crippen molar-refractivity contribution in [1.29, 1.82) is 0 Å². The molecule has 140 valence electrons. The minimum Gasteiger partial charge on any atom is -0.449 e. The average Bonchev–Trinajstić information content (AvgIpc) is 3.43. The molecule has 6 heteroatoms. The highest BCUT2D eigenvalue weighted by Gasteiger charge is 2.40. The lowest BCUT2D eigenvalue weighted by molar-refractivity contribution is -0.120. The number of allylic oxidation sites excluding steroid dienone is 2. The Morgan fingerprint density at radius 3 is 2.63 bits per heavy atom. The highest BCUT2D eigenvalue weighted by atomic mass is 16.5. The van der Waals surface area contributed by atoms with Crippen LogP contribution >= 0.6 is 0 Å². The third kappa shape index (κ3) is 2.84. The van der Waals surface area contributed by atoms with Crippen molar-refractivity contribution in [2.75, 3.05) is 31.6 Å². The number of anilines is 1. The van der Waals surface area contributed by atoms with Crippen LogP contribution in [-0.4, -0.2) is 43.0 Å². The molecule has 0 unspecified atom stereocenters. The Morgan fingerprint density at radius 1 is 1.07 bits per heavy atom. The van der Waals surface area contributed by atoms with Crippen molar-refractivity contribution in [2.24, 2.45) is 17.8 Å². The first-order valence-electron chi connectivity index (χ1n) is 9.58. The van der Waals surface area contributed by atoms with E-state index in [0.717, 1.165) is 18.2 Å². The SMILES string of the molecule is O=C(Nc1c(C(=O)N2CCOCC2)oc2ccccc12)[C@@H]1C[C@H]2C=C[C@H]1C2. The summed E-state index contributed by atoms with van der Waals surface area (Å²) < 4.78 is 11.2. The molecule has 1 aromatic heterocycles. The van der Waals surface area contributed by atoms with Crippen LogP contribution in [0.3, 0.4) is 0 Å². The largest absolute Gasteiger partial charge is 0.449 e. The number of nitrogens with one attached hydrogen (secondary N) is 1. The van der Waals surface area contributed by atoms with Gasteiger partial charge < -0.3 is 19.4 Å². The number of carbonyl (C=O) groups is 2. The highest BCUT2D eigenvalue weighted by molar-refractivity contribution is 6.11. The second-order valence-corrected chi connectivity index (χ2v) is 7.58. The van der Waals surface area contributed by atoms with E-state index in [4.69, 9.17) is 9.15 Å². The Balaban J connectivity index is 1.47. The molecule has 1 N–H and O–H groups in total. The van der Waals surface area contributed by atoms with E-state index in [-0.39, 0.29) is 23.5 Å². The summed E-state index contributed by atoms with van der Waals surface area (Å²) in [7, 11) is 0. The molecule has 6 nitrogen and oxygen atoms in total. The number of amides is 2. The molecule has 1 saturated heterocycles. The number of carbonyl (C=O) groups excluding carboxylic acids is 2. The predicted molar refractivity (Wildman–Crippen MR) is 100 cm³/mol. The van der Waals surface area contributed by atoms with E-state index in [2.05, 4.69) is 17.5 Å². The molecule has 2 aromatic rings. The lowest BCUT2D eigenvalue weighted by atomic mass is 9.92. The monoisotopic (exact) mass is 366 g/mol. The number of fused-ring (bicyclic) bond motifs is 3. The van der Waals surface area contributed by atoms with Gasteiger partial charge in [0.1, 0.15) is 11.3 Å². The molecule has 27 heavy (non-hydrogen) atoms. The van der Waals surface area contributed by atoms with Crippen molar-refractivity contribution in [3.8, 4) is 0 Å². The van der Waals surface area contributed by atoms with Crippen LogP contribution in [0.15, 0.2) is 40.8 Å². The maximum atomic E-state index is 13.0. The molecule has 2 amide bonds. The number of rotatable bonds is 3. The van der Waals surface area contributed by atoms with Gasteiger partial charge in [0.25, 0.3) is 5.91 Å². The molecule has 0 spiro atoms. The first-order valence-corrected chi connectivity index (χ1v) is 9.58.